The number of nitrogens with one attached hydrogen (secondary N) is 1. The normalized spacial score (nSPS) is 12.5. The lowest BCUT2D eigenvalue weighted by Crippen LogP contribution is -2.13. The molecule has 0 radical (unpaired) electrons. The van der Waals surface area contributed by atoms with Crippen molar-refractivity contribution in [1.82, 2.24) is 14.6 Å². The van der Waals surface area contributed by atoms with Crippen LogP contribution in [0.4, 0.5) is 14.6 Å². The zero-order valence-electron chi connectivity index (χ0n) is 12.3. The van der Waals surface area contributed by atoms with Crippen LogP contribution in [0.25, 0.3) is 5.52 Å². The Morgan fingerprint density at radius 1 is 1.27 bits per heavy atom. The van der Waals surface area contributed by atoms with Crippen molar-refractivity contribution in [2.24, 2.45) is 0 Å². The summed E-state index contributed by atoms with van der Waals surface area (Å²) in [7, 11) is 0. The molecule has 0 fully saturated rings. The van der Waals surface area contributed by atoms with Crippen LogP contribution in [0.1, 0.15) is 24.1 Å². The van der Waals surface area contributed by atoms with Gasteiger partial charge in [0.05, 0.1) is 5.69 Å². The minimum Gasteiger partial charge on any atom is -0.368 e. The fraction of sp³-hybridized carbons (Fsp3) is 0.250. The molecule has 1 N–H and O–H groups in total. The number of rotatable bonds is 4. The third-order valence-electron chi connectivity index (χ3n) is 3.58. The van der Waals surface area contributed by atoms with Gasteiger partial charge >= 0.3 is 0 Å². The molecule has 0 aliphatic heterocycles. The fourth-order valence-corrected chi connectivity index (χ4v) is 2.44. The molecule has 0 bridgehead atoms. The number of hydrogen-bond donors (Lipinski definition) is 1. The Kier molecular flexibility index (Phi) is 3.75. The van der Waals surface area contributed by atoms with E-state index in [-0.39, 0.29) is 5.92 Å². The Balaban J connectivity index is 1.78. The number of fused-ring (bicyclic) bond motifs is 1. The number of halogens is 2. The van der Waals surface area contributed by atoms with Crippen molar-refractivity contribution in [2.75, 3.05) is 11.9 Å². The molecule has 1 atom stereocenters. The summed E-state index contributed by atoms with van der Waals surface area (Å²) in [6.45, 7) is 4.28. The summed E-state index contributed by atoms with van der Waals surface area (Å²) < 4.78 is 28.5. The van der Waals surface area contributed by atoms with Crippen LogP contribution in [0.5, 0.6) is 0 Å². The topological polar surface area (TPSA) is 42.2 Å². The first-order chi connectivity index (χ1) is 10.5. The highest BCUT2D eigenvalue weighted by Crippen LogP contribution is 2.21. The van der Waals surface area contributed by atoms with Crippen molar-refractivity contribution < 1.29 is 8.78 Å². The molecular weight excluding hydrogens is 286 g/mol. The summed E-state index contributed by atoms with van der Waals surface area (Å²) in [5.41, 5.74) is 2.24. The molecule has 2 heterocycles. The van der Waals surface area contributed by atoms with Crippen molar-refractivity contribution in [1.29, 1.82) is 0 Å². The molecule has 0 spiro atoms. The van der Waals surface area contributed by atoms with Crippen LogP contribution in [0.3, 0.4) is 0 Å². The van der Waals surface area contributed by atoms with Gasteiger partial charge < -0.3 is 5.32 Å². The Hall–Kier alpha value is -2.50. The van der Waals surface area contributed by atoms with E-state index in [1.165, 1.54) is 12.1 Å². The van der Waals surface area contributed by atoms with Gasteiger partial charge in [0, 0.05) is 30.9 Å². The molecule has 1 aromatic carbocycles. The second-order valence-corrected chi connectivity index (χ2v) is 5.34. The number of nitrogens with zero attached hydrogens (tertiary/aromatic N) is 3. The van der Waals surface area contributed by atoms with E-state index in [1.54, 1.807) is 16.9 Å². The van der Waals surface area contributed by atoms with Crippen LogP contribution in [0, 0.1) is 18.6 Å². The second-order valence-electron chi connectivity index (χ2n) is 5.34. The van der Waals surface area contributed by atoms with E-state index in [1.807, 2.05) is 19.9 Å². The highest BCUT2D eigenvalue weighted by atomic mass is 19.1. The van der Waals surface area contributed by atoms with E-state index in [2.05, 4.69) is 15.4 Å². The van der Waals surface area contributed by atoms with Crippen molar-refractivity contribution >= 4 is 11.3 Å². The highest BCUT2D eigenvalue weighted by molar-refractivity contribution is 5.67. The van der Waals surface area contributed by atoms with Gasteiger partial charge in [-0.25, -0.2) is 18.3 Å². The van der Waals surface area contributed by atoms with Gasteiger partial charge in [0.15, 0.2) is 5.82 Å². The molecule has 2 aromatic heterocycles. The van der Waals surface area contributed by atoms with Gasteiger partial charge in [-0.15, -0.1) is 0 Å². The van der Waals surface area contributed by atoms with E-state index >= 15 is 0 Å². The number of aromatic nitrogens is 3. The zero-order chi connectivity index (χ0) is 15.7. The number of aryl methyl sites for hydroxylation is 1. The molecule has 3 rings (SSSR count). The molecule has 0 aliphatic carbocycles. The summed E-state index contributed by atoms with van der Waals surface area (Å²) >= 11 is 0. The number of benzene rings is 1. The lowest BCUT2D eigenvalue weighted by molar-refractivity contribution is 0.562. The van der Waals surface area contributed by atoms with E-state index in [9.17, 15) is 8.78 Å². The van der Waals surface area contributed by atoms with Crippen LogP contribution in [-0.4, -0.2) is 21.1 Å². The lowest BCUT2D eigenvalue weighted by Gasteiger charge is -2.14. The first-order valence-corrected chi connectivity index (χ1v) is 7.04. The first-order valence-electron chi connectivity index (χ1n) is 7.04. The summed E-state index contributed by atoms with van der Waals surface area (Å²) in [6.07, 6.45) is 3.43. The molecule has 0 saturated carbocycles. The van der Waals surface area contributed by atoms with Crippen LogP contribution in [-0.2, 0) is 0 Å². The molecule has 1 unspecified atom stereocenters. The van der Waals surface area contributed by atoms with Crippen molar-refractivity contribution in [3.8, 4) is 0 Å². The van der Waals surface area contributed by atoms with Crippen LogP contribution >= 0.6 is 0 Å². The Morgan fingerprint density at radius 2 is 2.09 bits per heavy atom. The van der Waals surface area contributed by atoms with Crippen LogP contribution in [0.2, 0.25) is 0 Å². The molecular formula is C16H16F2N4. The van der Waals surface area contributed by atoms with Crippen molar-refractivity contribution in [3.05, 3.63) is 59.6 Å². The van der Waals surface area contributed by atoms with Crippen molar-refractivity contribution in [3.63, 3.8) is 0 Å². The summed E-state index contributed by atoms with van der Waals surface area (Å²) in [6, 6.07) is 5.59. The maximum Gasteiger partial charge on any atom is 0.152 e. The first kappa shape index (κ1) is 14.4. The molecule has 3 aromatic rings. The third-order valence-corrected chi connectivity index (χ3v) is 3.58. The van der Waals surface area contributed by atoms with Gasteiger partial charge in [-0.05, 0) is 24.6 Å². The fourth-order valence-electron chi connectivity index (χ4n) is 2.44. The van der Waals surface area contributed by atoms with Gasteiger partial charge in [-0.3, -0.25) is 0 Å². The SMILES string of the molecule is Cc1cc2c(NCC(C)c3ccc(F)cc3F)nccn2n1. The summed E-state index contributed by atoms with van der Waals surface area (Å²) in [5.74, 6) is -0.521. The quantitative estimate of drug-likeness (QED) is 0.801. The van der Waals surface area contributed by atoms with Crippen molar-refractivity contribution in [2.45, 2.75) is 19.8 Å². The van der Waals surface area contributed by atoms with Gasteiger partial charge in [0.2, 0.25) is 0 Å². The van der Waals surface area contributed by atoms with Crippen LogP contribution < -0.4 is 5.32 Å². The largest absolute Gasteiger partial charge is 0.368 e. The van der Waals surface area contributed by atoms with Gasteiger partial charge in [-0.1, -0.05) is 13.0 Å². The van der Waals surface area contributed by atoms with Gasteiger partial charge in [0.1, 0.15) is 17.2 Å². The smallest absolute Gasteiger partial charge is 0.152 e. The Bertz CT molecular complexity index is 813. The Labute approximate surface area is 126 Å². The Morgan fingerprint density at radius 3 is 2.86 bits per heavy atom. The van der Waals surface area contributed by atoms with E-state index < -0.39 is 11.6 Å². The molecule has 0 saturated heterocycles. The minimum absolute atomic E-state index is 0.119. The monoisotopic (exact) mass is 302 g/mol. The van der Waals surface area contributed by atoms with E-state index in [4.69, 9.17) is 0 Å². The zero-order valence-corrected chi connectivity index (χ0v) is 12.3. The highest BCUT2D eigenvalue weighted by Gasteiger charge is 2.13. The van der Waals surface area contributed by atoms with Gasteiger partial charge in [0.25, 0.3) is 0 Å². The molecule has 0 amide bonds. The third kappa shape index (κ3) is 2.77. The molecule has 6 heteroatoms. The van der Waals surface area contributed by atoms with E-state index in [0.29, 0.717) is 17.9 Å². The minimum atomic E-state index is -0.567. The second kappa shape index (κ2) is 5.71. The average Bonchev–Trinajstić information content (AvgIpc) is 2.85. The lowest BCUT2D eigenvalue weighted by atomic mass is 10.0. The summed E-state index contributed by atoms with van der Waals surface area (Å²) in [4.78, 5) is 4.30. The van der Waals surface area contributed by atoms with Gasteiger partial charge in [-0.2, -0.15) is 5.10 Å². The molecule has 4 nitrogen and oxygen atoms in total. The number of anilines is 1. The predicted molar refractivity (Wildman–Crippen MR) is 81.0 cm³/mol. The molecule has 114 valence electrons. The van der Waals surface area contributed by atoms with Crippen LogP contribution in [0.15, 0.2) is 36.7 Å². The maximum atomic E-state index is 13.8. The van der Waals surface area contributed by atoms with E-state index in [0.717, 1.165) is 17.3 Å². The number of hydrogen-bond acceptors (Lipinski definition) is 3. The standard InChI is InChI=1S/C16H16F2N4/c1-10(13-4-3-12(17)8-14(13)18)9-20-16-15-7-11(2)21-22(15)6-5-19-16/h3-8,10H,9H2,1-2H3,(H,19,20). The predicted octanol–water partition coefficient (Wildman–Crippen LogP) is 3.53. The molecule has 0 aliphatic rings. The maximum absolute atomic E-state index is 13.8. The average molecular weight is 302 g/mol. The molecule has 22 heavy (non-hydrogen) atoms. The summed E-state index contributed by atoms with van der Waals surface area (Å²) in [5, 5.41) is 7.53.